The summed E-state index contributed by atoms with van der Waals surface area (Å²) >= 11 is 0. The molecule has 0 aliphatic carbocycles. The Morgan fingerprint density at radius 1 is 1.32 bits per heavy atom. The van der Waals surface area contributed by atoms with Gasteiger partial charge in [0, 0.05) is 12.4 Å². The van der Waals surface area contributed by atoms with Gasteiger partial charge < -0.3 is 15.2 Å². The van der Waals surface area contributed by atoms with Crippen molar-refractivity contribution in [2.75, 3.05) is 12.8 Å². The van der Waals surface area contributed by atoms with Gasteiger partial charge in [0.05, 0.1) is 18.4 Å². The molecule has 0 aliphatic heterocycles. The van der Waals surface area contributed by atoms with Crippen LogP contribution < -0.4 is 10.5 Å². The highest BCUT2D eigenvalue weighted by Gasteiger charge is 2.06. The van der Waals surface area contributed by atoms with E-state index in [0.717, 1.165) is 0 Å². The molecule has 2 aromatic rings. The smallest absolute Gasteiger partial charge is 0.339 e. The number of nitrogens with two attached hydrogens (primary N) is 1. The Bertz CT molecular complexity index is 570. The Labute approximate surface area is 110 Å². The maximum absolute atomic E-state index is 11.2. The number of aromatic nitrogens is 2. The number of nitrogens with zero attached hydrogens (tertiary/aromatic N) is 2. The first kappa shape index (κ1) is 12.8. The molecule has 0 spiro atoms. The number of hydrogen-bond donors (Lipinski definition) is 1. The Hall–Kier alpha value is -2.63. The van der Waals surface area contributed by atoms with Gasteiger partial charge in [-0.25, -0.2) is 9.78 Å². The summed E-state index contributed by atoms with van der Waals surface area (Å²) in [5, 5.41) is 0. The fourth-order valence-corrected chi connectivity index (χ4v) is 1.42. The lowest BCUT2D eigenvalue weighted by atomic mass is 10.2. The molecule has 0 aliphatic rings. The van der Waals surface area contributed by atoms with E-state index in [9.17, 15) is 4.79 Å². The van der Waals surface area contributed by atoms with Crippen molar-refractivity contribution >= 4 is 11.8 Å². The number of methoxy groups -OCH3 is 1. The average Bonchev–Trinajstić information content (AvgIpc) is 2.46. The molecular weight excluding hydrogens is 246 g/mol. The third-order valence-corrected chi connectivity index (χ3v) is 2.42. The molecule has 98 valence electrons. The summed E-state index contributed by atoms with van der Waals surface area (Å²) in [5.74, 6) is 0.409. The lowest BCUT2D eigenvalue weighted by Gasteiger charge is -2.07. The number of carbonyl (C=O) groups excluding carboxylic acids is 1. The molecule has 2 rings (SSSR count). The Kier molecular flexibility index (Phi) is 3.92. The molecule has 0 aromatic carbocycles. The van der Waals surface area contributed by atoms with E-state index in [2.05, 4.69) is 14.7 Å². The van der Waals surface area contributed by atoms with Crippen molar-refractivity contribution in [3.63, 3.8) is 0 Å². The third-order valence-electron chi connectivity index (χ3n) is 2.42. The van der Waals surface area contributed by atoms with Crippen LogP contribution in [0.15, 0.2) is 36.7 Å². The van der Waals surface area contributed by atoms with Crippen LogP contribution in [-0.4, -0.2) is 23.0 Å². The highest BCUT2D eigenvalue weighted by atomic mass is 16.5. The highest BCUT2D eigenvalue weighted by molar-refractivity contribution is 5.88. The summed E-state index contributed by atoms with van der Waals surface area (Å²) in [6.45, 7) is 0.247. The van der Waals surface area contributed by atoms with Crippen LogP contribution in [0.3, 0.4) is 0 Å². The van der Waals surface area contributed by atoms with E-state index in [1.165, 1.54) is 13.3 Å². The number of pyridine rings is 2. The molecule has 0 bridgehead atoms. The quantitative estimate of drug-likeness (QED) is 0.835. The number of esters is 1. The molecule has 6 nitrogen and oxygen atoms in total. The van der Waals surface area contributed by atoms with Gasteiger partial charge in [-0.3, -0.25) is 4.98 Å². The molecule has 0 saturated carbocycles. The van der Waals surface area contributed by atoms with Crippen LogP contribution in [0.4, 0.5) is 5.82 Å². The van der Waals surface area contributed by atoms with Gasteiger partial charge in [0.2, 0.25) is 0 Å². The van der Waals surface area contributed by atoms with Crippen LogP contribution in [0, 0.1) is 0 Å². The average molecular weight is 259 g/mol. The summed E-state index contributed by atoms with van der Waals surface area (Å²) in [5.41, 5.74) is 6.72. The van der Waals surface area contributed by atoms with Crippen molar-refractivity contribution in [1.82, 2.24) is 9.97 Å². The molecule has 0 amide bonds. The zero-order chi connectivity index (χ0) is 13.7. The van der Waals surface area contributed by atoms with Crippen molar-refractivity contribution in [2.24, 2.45) is 0 Å². The van der Waals surface area contributed by atoms with Crippen LogP contribution >= 0.6 is 0 Å². The van der Waals surface area contributed by atoms with Gasteiger partial charge in [0.25, 0.3) is 0 Å². The normalized spacial score (nSPS) is 9.95. The van der Waals surface area contributed by atoms with E-state index in [-0.39, 0.29) is 6.61 Å². The van der Waals surface area contributed by atoms with Crippen molar-refractivity contribution in [3.8, 4) is 5.75 Å². The largest absolute Gasteiger partial charge is 0.483 e. The topological polar surface area (TPSA) is 87.3 Å². The minimum Gasteiger partial charge on any atom is -0.483 e. The second-order valence-corrected chi connectivity index (χ2v) is 3.71. The fourth-order valence-electron chi connectivity index (χ4n) is 1.42. The number of rotatable bonds is 4. The molecule has 0 atom stereocenters. The maximum Gasteiger partial charge on any atom is 0.339 e. The zero-order valence-corrected chi connectivity index (χ0v) is 10.4. The maximum atomic E-state index is 11.2. The van der Waals surface area contributed by atoms with Gasteiger partial charge in [-0.05, 0) is 24.3 Å². The van der Waals surface area contributed by atoms with E-state index in [0.29, 0.717) is 22.8 Å². The number of anilines is 1. The Morgan fingerprint density at radius 2 is 2.16 bits per heavy atom. The second-order valence-electron chi connectivity index (χ2n) is 3.71. The molecule has 19 heavy (non-hydrogen) atoms. The van der Waals surface area contributed by atoms with Crippen LogP contribution in [0.2, 0.25) is 0 Å². The van der Waals surface area contributed by atoms with E-state index >= 15 is 0 Å². The number of carbonyl (C=O) groups is 1. The van der Waals surface area contributed by atoms with Crippen molar-refractivity contribution in [2.45, 2.75) is 6.61 Å². The van der Waals surface area contributed by atoms with Crippen molar-refractivity contribution in [1.29, 1.82) is 0 Å². The minimum absolute atomic E-state index is 0.247. The monoisotopic (exact) mass is 259 g/mol. The predicted molar refractivity (Wildman–Crippen MR) is 68.6 cm³/mol. The van der Waals surface area contributed by atoms with Crippen LogP contribution in [0.1, 0.15) is 16.1 Å². The molecule has 0 fully saturated rings. The minimum atomic E-state index is -0.420. The second kappa shape index (κ2) is 5.81. The van der Waals surface area contributed by atoms with Crippen molar-refractivity contribution in [3.05, 3.63) is 47.9 Å². The van der Waals surface area contributed by atoms with Gasteiger partial charge >= 0.3 is 5.97 Å². The van der Waals surface area contributed by atoms with Crippen LogP contribution in [0.25, 0.3) is 0 Å². The summed E-state index contributed by atoms with van der Waals surface area (Å²) in [7, 11) is 1.32. The molecule has 0 unspecified atom stereocenters. The van der Waals surface area contributed by atoms with Crippen molar-refractivity contribution < 1.29 is 14.3 Å². The first-order valence-corrected chi connectivity index (χ1v) is 5.57. The Balaban J connectivity index is 2.01. The van der Waals surface area contributed by atoms with E-state index in [4.69, 9.17) is 10.5 Å². The standard InChI is InChI=1S/C13H13N3O3/c1-18-13(17)9-4-5-10(16-7-9)8-19-11-3-2-6-15-12(11)14/h2-7H,8H2,1H3,(H2,14,15). The summed E-state index contributed by atoms with van der Waals surface area (Å²) in [6.07, 6.45) is 3.03. The fraction of sp³-hybridized carbons (Fsp3) is 0.154. The molecule has 2 N–H and O–H groups in total. The first-order valence-electron chi connectivity index (χ1n) is 5.57. The summed E-state index contributed by atoms with van der Waals surface area (Å²) < 4.78 is 10.1. The Morgan fingerprint density at radius 3 is 2.79 bits per heavy atom. The van der Waals surface area contributed by atoms with Crippen LogP contribution in [0.5, 0.6) is 5.75 Å². The van der Waals surface area contributed by atoms with E-state index in [1.807, 2.05) is 0 Å². The lowest BCUT2D eigenvalue weighted by molar-refractivity contribution is 0.0600. The molecule has 0 saturated heterocycles. The number of ether oxygens (including phenoxy) is 2. The highest BCUT2D eigenvalue weighted by Crippen LogP contribution is 2.18. The summed E-state index contributed by atoms with van der Waals surface area (Å²) in [6, 6.07) is 6.79. The van der Waals surface area contributed by atoms with Crippen LogP contribution in [-0.2, 0) is 11.3 Å². The molecule has 2 heterocycles. The SMILES string of the molecule is COC(=O)c1ccc(COc2cccnc2N)nc1. The van der Waals surface area contributed by atoms with Gasteiger partial charge in [-0.2, -0.15) is 0 Å². The van der Waals surface area contributed by atoms with E-state index in [1.54, 1.807) is 30.5 Å². The van der Waals surface area contributed by atoms with Gasteiger partial charge in [-0.1, -0.05) is 0 Å². The predicted octanol–water partition coefficient (Wildman–Crippen LogP) is 1.42. The third kappa shape index (κ3) is 3.19. The molecule has 6 heteroatoms. The van der Waals surface area contributed by atoms with Gasteiger partial charge in [-0.15, -0.1) is 0 Å². The molecular formula is C13H13N3O3. The first-order chi connectivity index (χ1) is 9.20. The number of hydrogen-bond acceptors (Lipinski definition) is 6. The zero-order valence-electron chi connectivity index (χ0n) is 10.4. The summed E-state index contributed by atoms with van der Waals surface area (Å²) in [4.78, 5) is 19.2. The lowest BCUT2D eigenvalue weighted by Crippen LogP contribution is -2.05. The molecule has 0 radical (unpaired) electrons. The van der Waals surface area contributed by atoms with Gasteiger partial charge in [0.1, 0.15) is 6.61 Å². The van der Waals surface area contributed by atoms with E-state index < -0.39 is 5.97 Å². The van der Waals surface area contributed by atoms with Gasteiger partial charge in [0.15, 0.2) is 11.6 Å². The number of nitrogen functional groups attached to an aromatic ring is 1. The molecule has 2 aromatic heterocycles.